The summed E-state index contributed by atoms with van der Waals surface area (Å²) in [7, 11) is 1.74. The molecule has 2 nitrogen and oxygen atoms in total. The highest BCUT2D eigenvalue weighted by molar-refractivity contribution is 5.28. The fourth-order valence-electron chi connectivity index (χ4n) is 2.58. The van der Waals surface area contributed by atoms with Crippen molar-refractivity contribution in [2.75, 3.05) is 20.2 Å². The molecule has 0 aromatic heterocycles. The zero-order valence-corrected chi connectivity index (χ0v) is 13.5. The van der Waals surface area contributed by atoms with Crippen molar-refractivity contribution in [2.24, 2.45) is 5.92 Å². The molecule has 1 aromatic carbocycles. The lowest BCUT2D eigenvalue weighted by Gasteiger charge is -2.18. The normalized spacial score (nSPS) is 12.3. The lowest BCUT2D eigenvalue weighted by molar-refractivity contribution is 0.409. The second-order valence-electron chi connectivity index (χ2n) is 5.62. The van der Waals surface area contributed by atoms with Crippen molar-refractivity contribution in [3.8, 4) is 5.75 Å². The van der Waals surface area contributed by atoms with Crippen molar-refractivity contribution in [2.45, 2.75) is 52.4 Å². The van der Waals surface area contributed by atoms with E-state index in [-0.39, 0.29) is 0 Å². The van der Waals surface area contributed by atoms with Gasteiger partial charge in [0.2, 0.25) is 0 Å². The van der Waals surface area contributed by atoms with E-state index in [1.807, 2.05) is 6.07 Å². The molecule has 0 amide bonds. The van der Waals surface area contributed by atoms with Gasteiger partial charge in [0.05, 0.1) is 7.11 Å². The SMILES string of the molecule is CCCCCC(CNCCC)Cc1cccc(OC)c1. The first-order valence-corrected chi connectivity index (χ1v) is 8.13. The number of nitrogens with one attached hydrogen (secondary N) is 1. The number of rotatable bonds is 11. The van der Waals surface area contributed by atoms with Crippen LogP contribution < -0.4 is 10.1 Å². The molecule has 2 heteroatoms. The highest BCUT2D eigenvalue weighted by Gasteiger charge is 2.10. The van der Waals surface area contributed by atoms with Crippen LogP contribution in [0, 0.1) is 5.92 Å². The van der Waals surface area contributed by atoms with Crippen LogP contribution in [0.4, 0.5) is 0 Å². The zero-order chi connectivity index (χ0) is 14.6. The van der Waals surface area contributed by atoms with E-state index in [1.54, 1.807) is 7.11 Å². The highest BCUT2D eigenvalue weighted by atomic mass is 16.5. The quantitative estimate of drug-likeness (QED) is 0.604. The standard InChI is InChI=1S/C18H31NO/c1-4-6-7-9-17(15-19-12-5-2)13-16-10-8-11-18(14-16)20-3/h8,10-11,14,17,19H,4-7,9,12-13,15H2,1-3H3. The van der Waals surface area contributed by atoms with E-state index in [9.17, 15) is 0 Å². The van der Waals surface area contributed by atoms with E-state index < -0.39 is 0 Å². The van der Waals surface area contributed by atoms with E-state index in [0.29, 0.717) is 0 Å². The molecular weight excluding hydrogens is 246 g/mol. The average molecular weight is 277 g/mol. The van der Waals surface area contributed by atoms with Gasteiger partial charge in [-0.25, -0.2) is 0 Å². The molecule has 0 saturated heterocycles. The lowest BCUT2D eigenvalue weighted by atomic mass is 9.93. The molecule has 0 heterocycles. The molecule has 0 bridgehead atoms. The number of benzene rings is 1. The Hall–Kier alpha value is -1.02. The summed E-state index contributed by atoms with van der Waals surface area (Å²) >= 11 is 0. The molecular formula is C18H31NO. The number of ether oxygens (including phenoxy) is 1. The van der Waals surface area contributed by atoms with Crippen molar-refractivity contribution in [1.82, 2.24) is 5.32 Å². The van der Waals surface area contributed by atoms with Gasteiger partial charge in [-0.15, -0.1) is 0 Å². The van der Waals surface area contributed by atoms with Crippen LogP contribution in [0.2, 0.25) is 0 Å². The van der Waals surface area contributed by atoms with Crippen LogP contribution in [-0.2, 0) is 6.42 Å². The smallest absolute Gasteiger partial charge is 0.119 e. The predicted molar refractivity (Wildman–Crippen MR) is 87.5 cm³/mol. The van der Waals surface area contributed by atoms with Crippen LogP contribution in [0.25, 0.3) is 0 Å². The molecule has 1 unspecified atom stereocenters. The molecule has 0 aliphatic heterocycles. The van der Waals surface area contributed by atoms with Gasteiger partial charge in [0.1, 0.15) is 5.75 Å². The van der Waals surface area contributed by atoms with Gasteiger partial charge >= 0.3 is 0 Å². The average Bonchev–Trinajstić information content (AvgIpc) is 2.47. The Labute approximate surface area is 124 Å². The van der Waals surface area contributed by atoms with Crippen LogP contribution in [0.3, 0.4) is 0 Å². The van der Waals surface area contributed by atoms with E-state index >= 15 is 0 Å². The largest absolute Gasteiger partial charge is 0.497 e. The van der Waals surface area contributed by atoms with Gasteiger partial charge in [-0.05, 0) is 56.0 Å². The second-order valence-corrected chi connectivity index (χ2v) is 5.62. The molecule has 0 aliphatic carbocycles. The third-order valence-electron chi connectivity index (χ3n) is 3.73. The van der Waals surface area contributed by atoms with Crippen molar-refractivity contribution < 1.29 is 4.74 Å². The van der Waals surface area contributed by atoms with E-state index in [1.165, 1.54) is 37.7 Å². The number of unbranched alkanes of at least 4 members (excludes halogenated alkanes) is 2. The van der Waals surface area contributed by atoms with Crippen LogP contribution >= 0.6 is 0 Å². The monoisotopic (exact) mass is 277 g/mol. The fraction of sp³-hybridized carbons (Fsp3) is 0.667. The summed E-state index contributed by atoms with van der Waals surface area (Å²) < 4.78 is 5.32. The Balaban J connectivity index is 2.51. The topological polar surface area (TPSA) is 21.3 Å². The molecule has 1 atom stereocenters. The van der Waals surface area contributed by atoms with Crippen LogP contribution in [-0.4, -0.2) is 20.2 Å². The molecule has 0 spiro atoms. The Bertz CT molecular complexity index is 341. The summed E-state index contributed by atoms with van der Waals surface area (Å²) in [6.45, 7) is 6.75. The summed E-state index contributed by atoms with van der Waals surface area (Å²) in [5.41, 5.74) is 1.39. The fourth-order valence-corrected chi connectivity index (χ4v) is 2.58. The molecule has 114 valence electrons. The minimum atomic E-state index is 0.736. The predicted octanol–water partition coefficient (Wildman–Crippen LogP) is 4.43. The minimum absolute atomic E-state index is 0.736. The van der Waals surface area contributed by atoms with Gasteiger partial charge in [-0.1, -0.05) is 45.2 Å². The van der Waals surface area contributed by atoms with E-state index in [2.05, 4.69) is 37.4 Å². The molecule has 1 rings (SSSR count). The van der Waals surface area contributed by atoms with Crippen LogP contribution in [0.15, 0.2) is 24.3 Å². The first kappa shape index (κ1) is 17.0. The van der Waals surface area contributed by atoms with Crippen molar-refractivity contribution in [1.29, 1.82) is 0 Å². The Kier molecular flexibility index (Phi) is 9.14. The molecule has 0 fully saturated rings. The summed E-state index contributed by atoms with van der Waals surface area (Å²) in [6.07, 6.45) is 7.68. The van der Waals surface area contributed by atoms with E-state index in [4.69, 9.17) is 4.74 Å². The molecule has 0 radical (unpaired) electrons. The molecule has 0 aliphatic rings. The van der Waals surface area contributed by atoms with Crippen LogP contribution in [0.1, 0.15) is 51.5 Å². The first-order chi connectivity index (χ1) is 9.80. The minimum Gasteiger partial charge on any atom is -0.497 e. The van der Waals surface area contributed by atoms with Crippen molar-refractivity contribution >= 4 is 0 Å². The van der Waals surface area contributed by atoms with Gasteiger partial charge < -0.3 is 10.1 Å². The van der Waals surface area contributed by atoms with Gasteiger partial charge in [-0.2, -0.15) is 0 Å². The number of methoxy groups -OCH3 is 1. The number of hydrogen-bond donors (Lipinski definition) is 1. The maximum Gasteiger partial charge on any atom is 0.119 e. The molecule has 1 aromatic rings. The zero-order valence-electron chi connectivity index (χ0n) is 13.5. The molecule has 20 heavy (non-hydrogen) atoms. The van der Waals surface area contributed by atoms with Gasteiger partial charge in [0.25, 0.3) is 0 Å². The highest BCUT2D eigenvalue weighted by Crippen LogP contribution is 2.19. The summed E-state index contributed by atoms with van der Waals surface area (Å²) in [5.74, 6) is 1.71. The Morgan fingerprint density at radius 2 is 2.00 bits per heavy atom. The number of hydrogen-bond acceptors (Lipinski definition) is 2. The van der Waals surface area contributed by atoms with Gasteiger partial charge in [0.15, 0.2) is 0 Å². The maximum absolute atomic E-state index is 5.32. The van der Waals surface area contributed by atoms with Crippen LogP contribution in [0.5, 0.6) is 5.75 Å². The summed E-state index contributed by atoms with van der Waals surface area (Å²) in [6, 6.07) is 8.50. The third-order valence-corrected chi connectivity index (χ3v) is 3.73. The third kappa shape index (κ3) is 6.95. The van der Waals surface area contributed by atoms with Gasteiger partial charge in [-0.3, -0.25) is 0 Å². The molecule has 0 saturated carbocycles. The lowest BCUT2D eigenvalue weighted by Crippen LogP contribution is -2.25. The van der Waals surface area contributed by atoms with Crippen molar-refractivity contribution in [3.05, 3.63) is 29.8 Å². The van der Waals surface area contributed by atoms with Gasteiger partial charge in [0, 0.05) is 0 Å². The molecule has 1 N–H and O–H groups in total. The Morgan fingerprint density at radius 1 is 1.15 bits per heavy atom. The first-order valence-electron chi connectivity index (χ1n) is 8.13. The summed E-state index contributed by atoms with van der Waals surface area (Å²) in [4.78, 5) is 0. The summed E-state index contributed by atoms with van der Waals surface area (Å²) in [5, 5.41) is 3.58. The van der Waals surface area contributed by atoms with E-state index in [0.717, 1.165) is 31.2 Å². The second kappa shape index (κ2) is 10.7. The maximum atomic E-state index is 5.32. The Morgan fingerprint density at radius 3 is 2.70 bits per heavy atom. The van der Waals surface area contributed by atoms with Crippen molar-refractivity contribution in [3.63, 3.8) is 0 Å².